The van der Waals surface area contributed by atoms with Crippen LogP contribution in [0.5, 0.6) is 0 Å². The van der Waals surface area contributed by atoms with Crippen molar-refractivity contribution in [3.05, 3.63) is 21.5 Å². The van der Waals surface area contributed by atoms with E-state index in [4.69, 9.17) is 0 Å². The van der Waals surface area contributed by atoms with E-state index in [2.05, 4.69) is 24.9 Å². The van der Waals surface area contributed by atoms with Crippen LogP contribution in [-0.4, -0.2) is 25.0 Å². The van der Waals surface area contributed by atoms with Crippen molar-refractivity contribution in [2.75, 3.05) is 20.1 Å². The van der Waals surface area contributed by atoms with Crippen molar-refractivity contribution < 1.29 is 0 Å². The van der Waals surface area contributed by atoms with E-state index in [1.165, 1.54) is 37.3 Å². The van der Waals surface area contributed by atoms with Gasteiger partial charge in [0.2, 0.25) is 0 Å². The van der Waals surface area contributed by atoms with Crippen molar-refractivity contribution in [1.29, 1.82) is 0 Å². The fourth-order valence-corrected chi connectivity index (χ4v) is 2.97. The van der Waals surface area contributed by atoms with Crippen LogP contribution < -0.4 is 0 Å². The molecular formula is C11H17NS. The summed E-state index contributed by atoms with van der Waals surface area (Å²) in [6.07, 6.45) is 6.13. The first-order valence-corrected chi connectivity index (χ1v) is 5.81. The van der Waals surface area contributed by atoms with E-state index in [1.807, 2.05) is 11.8 Å². The van der Waals surface area contributed by atoms with Crippen LogP contribution in [0.2, 0.25) is 0 Å². The van der Waals surface area contributed by atoms with E-state index in [0.717, 1.165) is 0 Å². The number of rotatable bonds is 0. The second-order valence-corrected chi connectivity index (χ2v) is 5.29. The fourth-order valence-electron chi connectivity index (χ4n) is 1.89. The van der Waals surface area contributed by atoms with Crippen LogP contribution >= 0.6 is 11.8 Å². The molecule has 0 unspecified atom stereocenters. The summed E-state index contributed by atoms with van der Waals surface area (Å²) in [6, 6.07) is 0. The third kappa shape index (κ3) is 2.18. The summed E-state index contributed by atoms with van der Waals surface area (Å²) in [7, 11) is 2.23. The van der Waals surface area contributed by atoms with E-state index < -0.39 is 0 Å². The molecule has 0 atom stereocenters. The molecule has 0 saturated heterocycles. The van der Waals surface area contributed by atoms with E-state index in [-0.39, 0.29) is 0 Å². The molecule has 0 aromatic carbocycles. The van der Waals surface area contributed by atoms with Crippen LogP contribution in [0.4, 0.5) is 0 Å². The van der Waals surface area contributed by atoms with Crippen LogP contribution in [0.15, 0.2) is 21.5 Å². The summed E-state index contributed by atoms with van der Waals surface area (Å²) in [6.45, 7) is 4.70. The average Bonchev–Trinajstić information content (AvgIpc) is 2.29. The smallest absolute Gasteiger partial charge is 0.00241 e. The summed E-state index contributed by atoms with van der Waals surface area (Å²) >= 11 is 2.00. The lowest BCUT2D eigenvalue weighted by molar-refractivity contribution is 0.352. The van der Waals surface area contributed by atoms with Crippen molar-refractivity contribution in [1.82, 2.24) is 4.90 Å². The molecule has 13 heavy (non-hydrogen) atoms. The van der Waals surface area contributed by atoms with E-state index >= 15 is 0 Å². The highest BCUT2D eigenvalue weighted by Gasteiger charge is 2.16. The molecule has 0 aliphatic carbocycles. The summed E-state index contributed by atoms with van der Waals surface area (Å²) < 4.78 is 0. The first-order chi connectivity index (χ1) is 6.25. The van der Waals surface area contributed by atoms with E-state index in [0.29, 0.717) is 0 Å². The van der Waals surface area contributed by atoms with Crippen molar-refractivity contribution in [2.45, 2.75) is 26.2 Å². The van der Waals surface area contributed by atoms with Gasteiger partial charge in [0.15, 0.2) is 0 Å². The minimum atomic E-state index is 1.21. The molecule has 0 amide bonds. The monoisotopic (exact) mass is 195 g/mol. The highest BCUT2D eigenvalue weighted by molar-refractivity contribution is 8.06. The quantitative estimate of drug-likeness (QED) is 0.584. The molecule has 2 heterocycles. The lowest BCUT2D eigenvalue weighted by Crippen LogP contribution is -2.18. The van der Waals surface area contributed by atoms with E-state index in [9.17, 15) is 0 Å². The number of allylic oxidation sites excluding steroid dienone is 2. The van der Waals surface area contributed by atoms with Crippen molar-refractivity contribution in [3.63, 3.8) is 0 Å². The second-order valence-electron chi connectivity index (χ2n) is 3.95. The van der Waals surface area contributed by atoms with Gasteiger partial charge >= 0.3 is 0 Å². The van der Waals surface area contributed by atoms with Crippen LogP contribution in [-0.2, 0) is 0 Å². The predicted octanol–water partition coefficient (Wildman–Crippen LogP) is 3.01. The van der Waals surface area contributed by atoms with Gasteiger partial charge in [0.25, 0.3) is 0 Å². The van der Waals surface area contributed by atoms with Crippen molar-refractivity contribution in [3.8, 4) is 0 Å². The Bertz CT molecular complexity index is 265. The summed E-state index contributed by atoms with van der Waals surface area (Å²) in [5.41, 5.74) is 1.69. The molecule has 0 radical (unpaired) electrons. The van der Waals surface area contributed by atoms with Gasteiger partial charge in [-0.2, -0.15) is 0 Å². The van der Waals surface area contributed by atoms with Crippen LogP contribution in [0, 0.1) is 0 Å². The lowest BCUT2D eigenvalue weighted by Gasteiger charge is -2.15. The zero-order valence-electron chi connectivity index (χ0n) is 8.47. The Hall–Kier alpha value is -0.210. The lowest BCUT2D eigenvalue weighted by atomic mass is 10.1. The number of hydrogen-bond acceptors (Lipinski definition) is 2. The van der Waals surface area contributed by atoms with Gasteiger partial charge in [-0.15, -0.1) is 0 Å². The number of hydrogen-bond donors (Lipinski definition) is 0. The Balaban J connectivity index is 2.09. The third-order valence-electron chi connectivity index (χ3n) is 2.83. The maximum absolute atomic E-state index is 2.44. The normalized spacial score (nSPS) is 25.2. The molecule has 2 aliphatic heterocycles. The molecular weight excluding hydrogens is 178 g/mol. The summed E-state index contributed by atoms with van der Waals surface area (Å²) in [5, 5.41) is 0. The van der Waals surface area contributed by atoms with E-state index in [1.54, 1.807) is 10.5 Å². The van der Waals surface area contributed by atoms with Crippen LogP contribution in [0.3, 0.4) is 0 Å². The molecule has 2 heteroatoms. The second kappa shape index (κ2) is 3.89. The average molecular weight is 195 g/mol. The molecule has 0 bridgehead atoms. The van der Waals surface area contributed by atoms with Gasteiger partial charge in [-0.3, -0.25) is 0 Å². The molecule has 1 nitrogen and oxygen atoms in total. The number of nitrogens with zero attached hydrogens (tertiary/aromatic N) is 1. The van der Waals surface area contributed by atoms with Crippen LogP contribution in [0.1, 0.15) is 26.2 Å². The Morgan fingerprint density at radius 2 is 2.08 bits per heavy atom. The largest absolute Gasteiger partial charge is 0.306 e. The molecule has 0 fully saturated rings. The maximum atomic E-state index is 2.44. The van der Waals surface area contributed by atoms with Gasteiger partial charge in [0.05, 0.1) is 0 Å². The zero-order chi connectivity index (χ0) is 9.26. The highest BCUT2D eigenvalue weighted by Crippen LogP contribution is 2.38. The maximum Gasteiger partial charge on any atom is 0.00241 e. The standard InChI is InChI=1S/C11H17NS/c1-9-3-4-10-5-7-12(2)8-6-11(10)13-9/h3H,4-8H2,1-2H3. The van der Waals surface area contributed by atoms with Gasteiger partial charge in [-0.25, -0.2) is 0 Å². The Morgan fingerprint density at radius 1 is 1.31 bits per heavy atom. The van der Waals surface area contributed by atoms with Gasteiger partial charge in [0.1, 0.15) is 0 Å². The first kappa shape index (κ1) is 9.35. The van der Waals surface area contributed by atoms with Crippen molar-refractivity contribution >= 4 is 11.8 Å². The molecule has 0 saturated carbocycles. The topological polar surface area (TPSA) is 3.24 Å². The Labute approximate surface area is 84.9 Å². The predicted molar refractivity (Wildman–Crippen MR) is 59.7 cm³/mol. The number of thioether (sulfide) groups is 1. The molecule has 2 rings (SSSR count). The Morgan fingerprint density at radius 3 is 2.92 bits per heavy atom. The van der Waals surface area contributed by atoms with Gasteiger partial charge < -0.3 is 4.90 Å². The molecule has 0 N–H and O–H groups in total. The molecule has 0 aromatic heterocycles. The molecule has 72 valence electrons. The first-order valence-electron chi connectivity index (χ1n) is 5.00. The minimum Gasteiger partial charge on any atom is -0.306 e. The van der Waals surface area contributed by atoms with Crippen LogP contribution in [0.25, 0.3) is 0 Å². The summed E-state index contributed by atoms with van der Waals surface area (Å²) in [4.78, 5) is 5.58. The fraction of sp³-hybridized carbons (Fsp3) is 0.636. The minimum absolute atomic E-state index is 1.21. The summed E-state index contributed by atoms with van der Waals surface area (Å²) in [5.74, 6) is 0. The van der Waals surface area contributed by atoms with Crippen molar-refractivity contribution in [2.24, 2.45) is 0 Å². The van der Waals surface area contributed by atoms with Gasteiger partial charge in [0, 0.05) is 13.1 Å². The van der Waals surface area contributed by atoms with Gasteiger partial charge in [-0.1, -0.05) is 23.4 Å². The zero-order valence-corrected chi connectivity index (χ0v) is 9.28. The van der Waals surface area contributed by atoms with Gasteiger partial charge in [-0.05, 0) is 43.0 Å². The third-order valence-corrected chi connectivity index (χ3v) is 4.06. The highest BCUT2D eigenvalue weighted by atomic mass is 32.2. The molecule has 2 aliphatic rings. The SMILES string of the molecule is CC1=CCC2=C(CCN(C)CC2)S1. The molecule has 0 spiro atoms. The Kier molecular flexibility index (Phi) is 2.80. The molecule has 0 aromatic rings.